The molecule has 4 heteroatoms. The molecule has 22 heavy (non-hydrogen) atoms. The van der Waals surface area contributed by atoms with Crippen LogP contribution in [0.1, 0.15) is 42.6 Å². The van der Waals surface area contributed by atoms with Crippen LogP contribution in [-0.4, -0.2) is 19.7 Å². The number of ether oxygens (including phenoxy) is 2. The number of hydrogen-bond acceptors (Lipinski definition) is 4. The van der Waals surface area contributed by atoms with E-state index in [2.05, 4.69) is 11.7 Å². The Hall–Kier alpha value is -2.23. The van der Waals surface area contributed by atoms with Gasteiger partial charge in [0.2, 0.25) is 5.76 Å². The number of benzene rings is 1. The zero-order valence-corrected chi connectivity index (χ0v) is 14.3. The van der Waals surface area contributed by atoms with Crippen LogP contribution >= 0.6 is 0 Å². The molecule has 0 unspecified atom stereocenters. The summed E-state index contributed by atoms with van der Waals surface area (Å²) in [5.41, 5.74) is 1.27. The van der Waals surface area contributed by atoms with Crippen LogP contribution < -0.4 is 4.74 Å². The van der Waals surface area contributed by atoms with Crippen molar-refractivity contribution in [2.24, 2.45) is 0 Å². The van der Waals surface area contributed by atoms with Crippen molar-refractivity contribution in [1.82, 2.24) is 0 Å². The van der Waals surface area contributed by atoms with E-state index in [1.807, 2.05) is 45.0 Å². The minimum Gasteiger partial charge on any atom is -0.494 e. The van der Waals surface area contributed by atoms with E-state index in [9.17, 15) is 4.79 Å². The number of carbonyl (C=O) groups excluding carboxylic acids is 1. The first kappa shape index (κ1) is 19.8. The predicted molar refractivity (Wildman–Crippen MR) is 88.5 cm³/mol. The van der Waals surface area contributed by atoms with Crippen LogP contribution in [0.4, 0.5) is 0 Å². The maximum absolute atomic E-state index is 10.7. The van der Waals surface area contributed by atoms with E-state index in [-0.39, 0.29) is 5.76 Å². The Balaban J connectivity index is 0.000000360. The van der Waals surface area contributed by atoms with Gasteiger partial charge >= 0.3 is 5.97 Å². The first-order valence-corrected chi connectivity index (χ1v) is 7.41. The Kier molecular flexibility index (Phi) is 10.3. The molecule has 0 N–H and O–H groups in total. The van der Waals surface area contributed by atoms with E-state index < -0.39 is 5.97 Å². The van der Waals surface area contributed by atoms with E-state index in [1.54, 1.807) is 19.1 Å². The van der Waals surface area contributed by atoms with E-state index in [4.69, 9.17) is 9.15 Å². The zero-order valence-electron chi connectivity index (χ0n) is 14.3. The van der Waals surface area contributed by atoms with Gasteiger partial charge in [0.05, 0.1) is 13.7 Å². The number of esters is 1. The molecule has 0 atom stereocenters. The quantitative estimate of drug-likeness (QED) is 0.765. The number of hydrogen-bond donors (Lipinski definition) is 0. The molecule has 4 nitrogen and oxygen atoms in total. The molecule has 0 aliphatic rings. The van der Waals surface area contributed by atoms with Crippen LogP contribution in [0.2, 0.25) is 0 Å². The third-order valence-corrected chi connectivity index (χ3v) is 2.46. The average Bonchev–Trinajstić information content (AvgIpc) is 2.98. The predicted octanol–water partition coefficient (Wildman–Crippen LogP) is 4.79. The number of methoxy groups -OCH3 is 1. The highest BCUT2D eigenvalue weighted by molar-refractivity contribution is 5.86. The first-order chi connectivity index (χ1) is 10.6. The summed E-state index contributed by atoms with van der Waals surface area (Å²) < 4.78 is 14.6. The van der Waals surface area contributed by atoms with Gasteiger partial charge in [0, 0.05) is 0 Å². The number of aryl methyl sites for hydroxylation is 2. The van der Waals surface area contributed by atoms with Gasteiger partial charge in [0.15, 0.2) is 0 Å². The molecule has 0 amide bonds. The molecule has 0 radical (unpaired) electrons. The van der Waals surface area contributed by atoms with Crippen molar-refractivity contribution in [2.45, 2.75) is 34.6 Å². The summed E-state index contributed by atoms with van der Waals surface area (Å²) in [4.78, 5) is 10.7. The third-order valence-electron chi connectivity index (χ3n) is 2.46. The van der Waals surface area contributed by atoms with E-state index >= 15 is 0 Å². The van der Waals surface area contributed by atoms with Crippen molar-refractivity contribution in [3.63, 3.8) is 0 Å². The maximum atomic E-state index is 10.7. The highest BCUT2D eigenvalue weighted by Gasteiger charge is 2.07. The average molecular weight is 306 g/mol. The lowest BCUT2D eigenvalue weighted by atomic mass is 10.2. The second-order valence-corrected chi connectivity index (χ2v) is 4.15. The summed E-state index contributed by atoms with van der Waals surface area (Å²) in [6.07, 6.45) is 0. The minimum absolute atomic E-state index is 0.250. The lowest BCUT2D eigenvalue weighted by Gasteiger charge is -2.01. The van der Waals surface area contributed by atoms with Crippen LogP contribution in [-0.2, 0) is 4.74 Å². The van der Waals surface area contributed by atoms with Crippen LogP contribution in [0.3, 0.4) is 0 Å². The van der Waals surface area contributed by atoms with E-state index in [1.165, 1.54) is 12.7 Å². The molecule has 2 rings (SSSR count). The van der Waals surface area contributed by atoms with Crippen molar-refractivity contribution in [3.05, 3.63) is 53.5 Å². The molecule has 0 aliphatic heterocycles. The molecule has 1 heterocycles. The lowest BCUT2D eigenvalue weighted by Crippen LogP contribution is -1.97. The van der Waals surface area contributed by atoms with Gasteiger partial charge in [-0.3, -0.25) is 0 Å². The van der Waals surface area contributed by atoms with Gasteiger partial charge < -0.3 is 13.9 Å². The molecule has 0 fully saturated rings. The number of carbonyl (C=O) groups is 1. The normalized spacial score (nSPS) is 8.82. The van der Waals surface area contributed by atoms with Crippen molar-refractivity contribution in [3.8, 4) is 5.75 Å². The summed E-state index contributed by atoms with van der Waals surface area (Å²) in [5, 5.41) is 0. The standard InChI is InChI=1S/C9H12O.C7H8O3.C2H6/c1-3-10-9-6-4-8(2)5-7-9;1-5-3-4-6(10-5)7(8)9-2;1-2/h4-7H,3H2,1-2H3;3-4H,1-2H3;1-2H3. The Labute approximate surface area is 133 Å². The Morgan fingerprint density at radius 3 is 2.05 bits per heavy atom. The van der Waals surface area contributed by atoms with Gasteiger partial charge in [-0.2, -0.15) is 0 Å². The fourth-order valence-electron chi connectivity index (χ4n) is 1.45. The molecule has 122 valence electrons. The second kappa shape index (κ2) is 11.4. The molecule has 1 aromatic heterocycles. The zero-order chi connectivity index (χ0) is 17.0. The van der Waals surface area contributed by atoms with Crippen molar-refractivity contribution < 1.29 is 18.7 Å². The highest BCUT2D eigenvalue weighted by atomic mass is 16.5. The van der Waals surface area contributed by atoms with Gasteiger partial charge in [-0.05, 0) is 45.0 Å². The first-order valence-electron chi connectivity index (χ1n) is 7.41. The minimum atomic E-state index is -0.437. The van der Waals surface area contributed by atoms with Gasteiger partial charge in [-0.15, -0.1) is 0 Å². The van der Waals surface area contributed by atoms with Gasteiger partial charge in [-0.25, -0.2) is 4.79 Å². The largest absolute Gasteiger partial charge is 0.494 e. The van der Waals surface area contributed by atoms with Crippen LogP contribution in [0.25, 0.3) is 0 Å². The maximum Gasteiger partial charge on any atom is 0.373 e. The Morgan fingerprint density at radius 1 is 1.05 bits per heavy atom. The Morgan fingerprint density at radius 2 is 1.64 bits per heavy atom. The smallest absolute Gasteiger partial charge is 0.373 e. The van der Waals surface area contributed by atoms with Crippen LogP contribution in [0, 0.1) is 13.8 Å². The molecule has 0 bridgehead atoms. The molecule has 1 aromatic carbocycles. The monoisotopic (exact) mass is 306 g/mol. The fraction of sp³-hybridized carbons (Fsp3) is 0.389. The van der Waals surface area contributed by atoms with Gasteiger partial charge in [0.1, 0.15) is 11.5 Å². The second-order valence-electron chi connectivity index (χ2n) is 4.15. The van der Waals surface area contributed by atoms with Gasteiger partial charge in [0.25, 0.3) is 0 Å². The lowest BCUT2D eigenvalue weighted by molar-refractivity contribution is 0.0563. The molecule has 0 aliphatic carbocycles. The van der Waals surface area contributed by atoms with Crippen molar-refractivity contribution in [2.75, 3.05) is 13.7 Å². The van der Waals surface area contributed by atoms with Crippen molar-refractivity contribution >= 4 is 5.97 Å². The van der Waals surface area contributed by atoms with E-state index in [0.29, 0.717) is 5.76 Å². The van der Waals surface area contributed by atoms with Crippen LogP contribution in [0.5, 0.6) is 5.75 Å². The van der Waals surface area contributed by atoms with Crippen molar-refractivity contribution in [1.29, 1.82) is 0 Å². The summed E-state index contributed by atoms with van der Waals surface area (Å²) >= 11 is 0. The SMILES string of the molecule is CC.CCOc1ccc(C)cc1.COC(=O)c1ccc(C)o1. The van der Waals surface area contributed by atoms with E-state index in [0.717, 1.165) is 12.4 Å². The molecular weight excluding hydrogens is 280 g/mol. The molecule has 0 saturated carbocycles. The molecular formula is C18H26O4. The third kappa shape index (κ3) is 7.53. The summed E-state index contributed by atoms with van der Waals surface area (Å²) in [5.74, 6) is 1.47. The van der Waals surface area contributed by atoms with Gasteiger partial charge in [-0.1, -0.05) is 31.5 Å². The molecule has 0 spiro atoms. The molecule has 2 aromatic rings. The summed E-state index contributed by atoms with van der Waals surface area (Å²) in [7, 11) is 1.32. The Bertz CT molecular complexity index is 526. The highest BCUT2D eigenvalue weighted by Crippen LogP contribution is 2.10. The number of rotatable bonds is 3. The molecule has 0 saturated heterocycles. The fourth-order valence-corrected chi connectivity index (χ4v) is 1.45. The summed E-state index contributed by atoms with van der Waals surface area (Å²) in [6.45, 7) is 10.6. The summed E-state index contributed by atoms with van der Waals surface area (Å²) in [6, 6.07) is 11.4. The topological polar surface area (TPSA) is 48.7 Å². The number of furan rings is 1. The van der Waals surface area contributed by atoms with Crippen LogP contribution in [0.15, 0.2) is 40.8 Å².